The number of aliphatic hydroxyl groups is 1. The number of amides is 9. The lowest BCUT2D eigenvalue weighted by Gasteiger charge is -2.33. The van der Waals surface area contributed by atoms with Crippen LogP contribution in [0, 0.1) is 20.2 Å². The van der Waals surface area contributed by atoms with Crippen LogP contribution in [0.25, 0.3) is 11.0 Å². The van der Waals surface area contributed by atoms with Crippen LogP contribution in [-0.2, 0) is 67.2 Å². The number of ether oxygens (including phenoxy) is 1. The quantitative estimate of drug-likeness (QED) is 0.00631. The number of aliphatic imine (C=N–C) groups is 1. The largest absolute Gasteiger partial charge is 0.497 e. The van der Waals surface area contributed by atoms with Gasteiger partial charge in [0.2, 0.25) is 53.2 Å². The molecule has 100 heavy (non-hydrogen) atoms. The molecular formula is C66H81N15O19. The molecule has 5 aromatic rings. The molecule has 0 spiro atoms. The van der Waals surface area contributed by atoms with Crippen molar-refractivity contribution in [2.75, 3.05) is 51.8 Å². The molecule has 0 saturated carbocycles. The van der Waals surface area contributed by atoms with Gasteiger partial charge < -0.3 is 83.2 Å². The highest BCUT2D eigenvalue weighted by Gasteiger charge is 2.44. The smallest absolute Gasteiger partial charge is 0.348 e. The number of guanidine groups is 1. The number of hydrogen-bond donors (Lipinski definition) is 12. The minimum atomic E-state index is -1.73. The zero-order valence-corrected chi connectivity index (χ0v) is 54.9. The molecule has 2 aliphatic rings. The van der Waals surface area contributed by atoms with Gasteiger partial charge in [-0.3, -0.25) is 68.4 Å². The number of carbonyl (C=O) groups excluding carboxylic acids is 9. The predicted octanol–water partition coefficient (Wildman–Crippen LogP) is 0.0857. The Morgan fingerprint density at radius 1 is 0.670 bits per heavy atom. The molecular weight excluding hydrogens is 1310 g/mol. The van der Waals surface area contributed by atoms with Gasteiger partial charge in [0.05, 0.1) is 36.5 Å². The van der Waals surface area contributed by atoms with Gasteiger partial charge in [0.1, 0.15) is 59.7 Å². The standard InChI is InChI=1S/C66H81N15O19/c1-38(58(86)76-48(31-40-16-7-4-8-17-40)60(88)75-46(65(93)94)18-9-10-26-69-42-22-25-50(80(95)96)53(34-42)81(97)98)72-61(89)49(37-82)77-59(87)47(30-39-14-5-3-6-15-39)74-56(84)36-71-62(90)51-20-12-28-78(51)64(92)52-21-13-29-79(52)63(91)45(19-11-27-70-66(67)68)73-55(83)32-41-33-57(85)100-54-35-43(99-2)23-24-44(41)54/h3-8,14-17,22-25,33-35,38,45-49,51-52,69,82H,9-13,18-21,26-32,36-37H2,1-2H3,(H,71,90)(H,72,89)(H,73,83)(H,74,84)(H,75,88)(H,76,86)(H,77,87)(H,93,94)(H4,67,68,70). The van der Waals surface area contributed by atoms with Gasteiger partial charge in [-0.25, -0.2) is 9.59 Å². The lowest BCUT2D eigenvalue weighted by molar-refractivity contribution is -0.422. The fourth-order valence-electron chi connectivity index (χ4n) is 11.6. The van der Waals surface area contributed by atoms with Gasteiger partial charge in [-0.2, -0.15) is 0 Å². The first-order valence-corrected chi connectivity index (χ1v) is 32.3. The molecule has 534 valence electrons. The van der Waals surface area contributed by atoms with Crippen LogP contribution in [0.2, 0.25) is 0 Å². The summed E-state index contributed by atoms with van der Waals surface area (Å²) in [4.78, 5) is 178. The fraction of sp³-hybridized carbons (Fsp3) is 0.424. The zero-order valence-electron chi connectivity index (χ0n) is 54.9. The van der Waals surface area contributed by atoms with E-state index in [9.17, 15) is 83.2 Å². The average Bonchev–Trinajstić information content (AvgIpc) is 1.73. The van der Waals surface area contributed by atoms with E-state index in [-0.39, 0.29) is 101 Å². The molecule has 0 aliphatic carbocycles. The van der Waals surface area contributed by atoms with Gasteiger partial charge in [0, 0.05) is 74.4 Å². The number of nitrogens with zero attached hydrogens (tertiary/aromatic N) is 5. The van der Waals surface area contributed by atoms with Crippen LogP contribution in [0.5, 0.6) is 5.75 Å². The van der Waals surface area contributed by atoms with Crippen LogP contribution < -0.4 is 64.4 Å². The van der Waals surface area contributed by atoms with E-state index in [0.717, 1.165) is 12.1 Å². The zero-order chi connectivity index (χ0) is 72.6. The molecule has 34 heteroatoms. The number of aliphatic hydroxyl groups excluding tert-OH is 1. The number of benzene rings is 4. The van der Waals surface area contributed by atoms with Crippen molar-refractivity contribution in [1.82, 2.24) is 47.0 Å². The summed E-state index contributed by atoms with van der Waals surface area (Å²) >= 11 is 0. The van der Waals surface area contributed by atoms with Gasteiger partial charge in [0.25, 0.3) is 0 Å². The number of rotatable bonds is 36. The molecule has 2 fully saturated rings. The van der Waals surface area contributed by atoms with E-state index in [0.29, 0.717) is 47.1 Å². The maximum absolute atomic E-state index is 14.5. The van der Waals surface area contributed by atoms with Crippen molar-refractivity contribution in [3.05, 3.63) is 150 Å². The Hall–Kier alpha value is -11.6. The molecule has 4 aromatic carbocycles. The first-order chi connectivity index (χ1) is 47.8. The van der Waals surface area contributed by atoms with Crippen molar-refractivity contribution in [3.63, 3.8) is 0 Å². The van der Waals surface area contributed by atoms with Gasteiger partial charge in [-0.15, -0.1) is 0 Å². The molecule has 2 saturated heterocycles. The second-order valence-electron chi connectivity index (χ2n) is 23.9. The Morgan fingerprint density at radius 3 is 1.88 bits per heavy atom. The van der Waals surface area contributed by atoms with Gasteiger partial charge in [-0.1, -0.05) is 60.7 Å². The topological polar surface area (TPSA) is 504 Å². The molecule has 3 heterocycles. The van der Waals surface area contributed by atoms with Crippen molar-refractivity contribution in [2.24, 2.45) is 16.5 Å². The number of nitrogens with one attached hydrogen (secondary N) is 8. The number of likely N-dealkylation sites (tertiary alicyclic amines) is 2. The minimum Gasteiger partial charge on any atom is -0.497 e. The van der Waals surface area contributed by atoms with Crippen molar-refractivity contribution in [2.45, 2.75) is 132 Å². The highest BCUT2D eigenvalue weighted by molar-refractivity contribution is 5.99. The third-order valence-electron chi connectivity index (χ3n) is 16.7. The minimum absolute atomic E-state index is 0.0592. The monoisotopic (exact) mass is 1390 g/mol. The number of anilines is 1. The SMILES string of the molecule is COc1ccc2c(CC(=O)NC(CCCN=C(N)N)C(=O)N3CCCC3C(=O)N3CCCC3C(=O)NCC(=O)NC(Cc3ccccc3)C(=O)NC(CO)C(=O)NC(C)C(=O)NC(Cc3ccccc3)C(=O)NC(CCCCNc3ccc([N+](=O)[O-])c([N+](=O)[O-])c3)C(=O)O)cc(=O)oc2c1. The predicted molar refractivity (Wildman–Crippen MR) is 359 cm³/mol. The number of methoxy groups -OCH3 is 1. The van der Waals surface area contributed by atoms with Gasteiger partial charge in [0.15, 0.2) is 5.96 Å². The summed E-state index contributed by atoms with van der Waals surface area (Å²) in [7, 11) is 1.44. The van der Waals surface area contributed by atoms with E-state index in [1.165, 1.54) is 42.0 Å². The molecule has 0 radical (unpaired) electrons. The number of hydrogen-bond acceptors (Lipinski definition) is 20. The first kappa shape index (κ1) is 75.8. The summed E-state index contributed by atoms with van der Waals surface area (Å²) in [6.45, 7) is 0.115. The van der Waals surface area contributed by atoms with Crippen LogP contribution >= 0.6 is 0 Å². The molecule has 7 rings (SSSR count). The van der Waals surface area contributed by atoms with E-state index in [4.69, 9.17) is 20.6 Å². The second-order valence-corrected chi connectivity index (χ2v) is 23.9. The molecule has 34 nitrogen and oxygen atoms in total. The number of nitro benzene ring substituents is 2. The third kappa shape index (κ3) is 21.7. The Labute approximate surface area is 572 Å². The van der Waals surface area contributed by atoms with E-state index >= 15 is 0 Å². The molecule has 1 aromatic heterocycles. The van der Waals surface area contributed by atoms with Crippen LogP contribution in [0.15, 0.2) is 117 Å². The summed E-state index contributed by atoms with van der Waals surface area (Å²) in [5.41, 5.74) is 10.8. The number of nitro groups is 2. The maximum Gasteiger partial charge on any atom is 0.348 e. The third-order valence-corrected chi connectivity index (χ3v) is 16.7. The Balaban J connectivity index is 0.935. The molecule has 8 atom stereocenters. The number of carbonyl (C=O) groups is 10. The number of carboxylic acids is 1. The number of unbranched alkanes of at least 4 members (excludes halogenated alkanes) is 1. The van der Waals surface area contributed by atoms with Crippen molar-refractivity contribution < 1.29 is 77.2 Å². The summed E-state index contributed by atoms with van der Waals surface area (Å²) < 4.78 is 10.6. The van der Waals surface area contributed by atoms with Crippen molar-refractivity contribution in [3.8, 4) is 5.75 Å². The maximum atomic E-state index is 14.5. The van der Waals surface area contributed by atoms with E-state index in [2.05, 4.69) is 47.5 Å². The second kappa shape index (κ2) is 36.7. The lowest BCUT2D eigenvalue weighted by atomic mass is 10.0. The fourth-order valence-corrected chi connectivity index (χ4v) is 11.6. The summed E-state index contributed by atoms with van der Waals surface area (Å²) in [5, 5.41) is 64.1. The average molecular weight is 1390 g/mol. The number of fused-ring (bicyclic) bond motifs is 1. The molecule has 2 aliphatic heterocycles. The van der Waals surface area contributed by atoms with E-state index < -0.39 is 147 Å². The summed E-state index contributed by atoms with van der Waals surface area (Å²) in [6, 6.07) is 15.2. The van der Waals surface area contributed by atoms with Gasteiger partial charge in [-0.05, 0) is 99.6 Å². The first-order valence-electron chi connectivity index (χ1n) is 32.3. The lowest BCUT2D eigenvalue weighted by Crippen LogP contribution is -2.59. The van der Waals surface area contributed by atoms with Crippen LogP contribution in [0.4, 0.5) is 17.1 Å². The molecule has 14 N–H and O–H groups in total. The van der Waals surface area contributed by atoms with E-state index in [1.807, 2.05) is 0 Å². The van der Waals surface area contributed by atoms with Crippen molar-refractivity contribution in [1.29, 1.82) is 0 Å². The molecule has 0 bridgehead atoms. The Bertz CT molecular complexity index is 3890. The Kier molecular flexibility index (Phi) is 27.8. The van der Waals surface area contributed by atoms with Crippen LogP contribution in [0.3, 0.4) is 0 Å². The summed E-state index contributed by atoms with van der Waals surface area (Å²) in [6.07, 6.45) is 1.33. The Morgan fingerprint density at radius 2 is 1.26 bits per heavy atom. The number of aliphatic carboxylic acids is 1. The molecule has 8 unspecified atom stereocenters. The number of nitrogens with two attached hydrogens (primary N) is 2. The van der Waals surface area contributed by atoms with Crippen LogP contribution in [-0.4, -0.2) is 190 Å². The van der Waals surface area contributed by atoms with E-state index in [1.54, 1.807) is 72.8 Å². The van der Waals surface area contributed by atoms with Crippen LogP contribution in [0.1, 0.15) is 81.4 Å². The van der Waals surface area contributed by atoms with Crippen molar-refractivity contribution >= 4 is 93.1 Å². The summed E-state index contributed by atoms with van der Waals surface area (Å²) in [5.74, 6) is -8.30. The highest BCUT2D eigenvalue weighted by atomic mass is 16.6. The normalized spacial score (nSPS) is 15.8. The number of carboxylic acid groups (broad SMARTS) is 1. The van der Waals surface area contributed by atoms with Gasteiger partial charge >= 0.3 is 23.0 Å². The highest BCUT2D eigenvalue weighted by Crippen LogP contribution is 2.31. The molecule has 9 amide bonds.